The Hall–Kier alpha value is -2.22. The SMILES string of the molecule is CC(=O)OC[C@H]1O[C@]2(CCC#N)O[C@H](C)O[C@@H]2[C@@H](OC(C)=O)[C@@H]1OC(C)=O. The van der Waals surface area contributed by atoms with Crippen molar-refractivity contribution in [2.75, 3.05) is 6.61 Å². The van der Waals surface area contributed by atoms with Crippen LogP contribution in [0.2, 0.25) is 0 Å². The summed E-state index contributed by atoms with van der Waals surface area (Å²) in [6.45, 7) is 4.99. The molecule has 2 aliphatic rings. The van der Waals surface area contributed by atoms with E-state index in [0.29, 0.717) is 0 Å². The van der Waals surface area contributed by atoms with Gasteiger partial charge in [-0.15, -0.1) is 0 Å². The fraction of sp³-hybridized carbons (Fsp3) is 0.765. The largest absolute Gasteiger partial charge is 0.463 e. The van der Waals surface area contributed by atoms with Crippen molar-refractivity contribution < 1.29 is 42.8 Å². The van der Waals surface area contributed by atoms with E-state index in [4.69, 9.17) is 33.7 Å². The molecule has 27 heavy (non-hydrogen) atoms. The molecule has 150 valence electrons. The zero-order chi connectivity index (χ0) is 20.2. The van der Waals surface area contributed by atoms with Gasteiger partial charge in [0, 0.05) is 33.6 Å². The van der Waals surface area contributed by atoms with Gasteiger partial charge in [-0.25, -0.2) is 0 Å². The lowest BCUT2D eigenvalue weighted by Gasteiger charge is -2.47. The normalized spacial score (nSPS) is 34.9. The van der Waals surface area contributed by atoms with Crippen LogP contribution in [0.5, 0.6) is 0 Å². The quantitative estimate of drug-likeness (QED) is 0.472. The monoisotopic (exact) mass is 385 g/mol. The van der Waals surface area contributed by atoms with E-state index in [0.717, 1.165) is 0 Å². The van der Waals surface area contributed by atoms with Crippen molar-refractivity contribution in [3.63, 3.8) is 0 Å². The third-order valence-electron chi connectivity index (χ3n) is 4.12. The van der Waals surface area contributed by atoms with Crippen LogP contribution in [0.3, 0.4) is 0 Å². The first-order valence-corrected chi connectivity index (χ1v) is 8.54. The molecule has 2 rings (SSSR count). The molecule has 2 saturated heterocycles. The van der Waals surface area contributed by atoms with Crippen molar-refractivity contribution in [3.05, 3.63) is 0 Å². The Morgan fingerprint density at radius 1 is 1.04 bits per heavy atom. The zero-order valence-electron chi connectivity index (χ0n) is 15.6. The van der Waals surface area contributed by atoms with Crippen molar-refractivity contribution in [3.8, 4) is 6.07 Å². The molecule has 0 saturated carbocycles. The van der Waals surface area contributed by atoms with Gasteiger partial charge in [0.05, 0.1) is 6.07 Å². The van der Waals surface area contributed by atoms with Crippen LogP contribution in [0.15, 0.2) is 0 Å². The van der Waals surface area contributed by atoms with Crippen molar-refractivity contribution in [2.24, 2.45) is 0 Å². The maximum atomic E-state index is 11.7. The molecule has 2 heterocycles. The lowest BCUT2D eigenvalue weighted by Crippen LogP contribution is -2.65. The van der Waals surface area contributed by atoms with Crippen LogP contribution in [0, 0.1) is 11.3 Å². The van der Waals surface area contributed by atoms with E-state index < -0.39 is 54.4 Å². The Bertz CT molecular complexity index is 630. The van der Waals surface area contributed by atoms with Gasteiger partial charge in [0.1, 0.15) is 12.7 Å². The molecule has 0 radical (unpaired) electrons. The molecule has 0 aromatic heterocycles. The predicted octanol–water partition coefficient (Wildman–Crippen LogP) is 0.573. The number of nitrogens with zero attached hydrogens (tertiary/aromatic N) is 1. The van der Waals surface area contributed by atoms with Gasteiger partial charge in [-0.1, -0.05) is 0 Å². The highest BCUT2D eigenvalue weighted by molar-refractivity contribution is 5.68. The second kappa shape index (κ2) is 8.65. The lowest BCUT2D eigenvalue weighted by molar-refractivity contribution is -0.322. The average molecular weight is 385 g/mol. The first-order valence-electron chi connectivity index (χ1n) is 8.54. The van der Waals surface area contributed by atoms with E-state index in [1.54, 1.807) is 6.92 Å². The van der Waals surface area contributed by atoms with Crippen LogP contribution in [-0.4, -0.2) is 61.0 Å². The van der Waals surface area contributed by atoms with E-state index in [1.807, 2.05) is 6.07 Å². The van der Waals surface area contributed by atoms with Crippen molar-refractivity contribution in [1.29, 1.82) is 5.26 Å². The van der Waals surface area contributed by atoms with Crippen molar-refractivity contribution in [2.45, 2.75) is 77.0 Å². The second-order valence-electron chi connectivity index (χ2n) is 6.32. The van der Waals surface area contributed by atoms with Gasteiger partial charge in [0.25, 0.3) is 0 Å². The van der Waals surface area contributed by atoms with E-state index >= 15 is 0 Å². The Morgan fingerprint density at radius 2 is 1.67 bits per heavy atom. The van der Waals surface area contributed by atoms with Crippen molar-refractivity contribution in [1.82, 2.24) is 0 Å². The van der Waals surface area contributed by atoms with Gasteiger partial charge in [0.15, 0.2) is 24.6 Å². The Labute approximate surface area is 156 Å². The Balaban J connectivity index is 2.41. The highest BCUT2D eigenvalue weighted by Gasteiger charge is 2.63. The van der Waals surface area contributed by atoms with E-state index in [1.165, 1.54) is 20.8 Å². The fourth-order valence-electron chi connectivity index (χ4n) is 3.29. The summed E-state index contributed by atoms with van der Waals surface area (Å²) >= 11 is 0. The minimum atomic E-state index is -1.41. The fourth-order valence-corrected chi connectivity index (χ4v) is 3.29. The molecule has 0 unspecified atom stereocenters. The number of hydrogen-bond acceptors (Lipinski definition) is 10. The standard InChI is InChI=1S/C17H23NO9/c1-9(19)22-8-13-14(23-10(2)20)15(24-11(3)21)16-17(27-13,6-5-7-18)26-12(4)25-16/h12-16H,5-6,8H2,1-4H3/t12-,13-,14-,15+,16-,17+/m1/s1. The van der Waals surface area contributed by atoms with Crippen LogP contribution < -0.4 is 0 Å². The van der Waals surface area contributed by atoms with Crippen molar-refractivity contribution >= 4 is 17.9 Å². The number of esters is 3. The molecule has 10 heteroatoms. The summed E-state index contributed by atoms with van der Waals surface area (Å²) in [5, 5.41) is 8.98. The van der Waals surface area contributed by atoms with Crippen LogP contribution in [0.1, 0.15) is 40.5 Å². The molecule has 0 aromatic rings. The third kappa shape index (κ3) is 4.94. The number of nitriles is 1. The van der Waals surface area contributed by atoms with Crippen LogP contribution >= 0.6 is 0 Å². The maximum Gasteiger partial charge on any atom is 0.303 e. The van der Waals surface area contributed by atoms with Gasteiger partial charge in [-0.3, -0.25) is 14.4 Å². The van der Waals surface area contributed by atoms with E-state index in [9.17, 15) is 14.4 Å². The van der Waals surface area contributed by atoms with Gasteiger partial charge >= 0.3 is 17.9 Å². The first-order chi connectivity index (χ1) is 12.7. The summed E-state index contributed by atoms with van der Waals surface area (Å²) in [5.41, 5.74) is 0. The summed E-state index contributed by atoms with van der Waals surface area (Å²) in [7, 11) is 0. The molecule has 0 amide bonds. The van der Waals surface area contributed by atoms with E-state index in [2.05, 4.69) is 0 Å². The first kappa shape index (κ1) is 21.1. The van der Waals surface area contributed by atoms with Gasteiger partial charge in [-0.2, -0.15) is 5.26 Å². The lowest BCUT2D eigenvalue weighted by atomic mass is 9.89. The zero-order valence-corrected chi connectivity index (χ0v) is 15.6. The molecule has 6 atom stereocenters. The molecule has 0 aromatic carbocycles. The molecule has 2 aliphatic heterocycles. The summed E-state index contributed by atoms with van der Waals surface area (Å²) in [4.78, 5) is 34.5. The molecule has 0 spiro atoms. The highest BCUT2D eigenvalue weighted by Crippen LogP contribution is 2.44. The molecule has 0 bridgehead atoms. The minimum absolute atomic E-state index is 0.0812. The molecule has 10 nitrogen and oxygen atoms in total. The minimum Gasteiger partial charge on any atom is -0.463 e. The predicted molar refractivity (Wildman–Crippen MR) is 85.6 cm³/mol. The topological polar surface area (TPSA) is 130 Å². The number of fused-ring (bicyclic) bond motifs is 1. The number of carbonyl (C=O) groups is 3. The van der Waals surface area contributed by atoms with Gasteiger partial charge in [-0.05, 0) is 6.92 Å². The summed E-state index contributed by atoms with van der Waals surface area (Å²) in [5.74, 6) is -3.22. The summed E-state index contributed by atoms with van der Waals surface area (Å²) in [6.07, 6.45) is -4.56. The average Bonchev–Trinajstić information content (AvgIpc) is 2.89. The number of carbonyl (C=O) groups excluding carboxylic acids is 3. The summed E-state index contributed by atoms with van der Waals surface area (Å²) in [6, 6.07) is 2.01. The second-order valence-corrected chi connectivity index (χ2v) is 6.32. The molecule has 0 N–H and O–H groups in total. The Kier molecular flexibility index (Phi) is 6.75. The number of ether oxygens (including phenoxy) is 6. The number of hydrogen-bond donors (Lipinski definition) is 0. The highest BCUT2D eigenvalue weighted by atomic mass is 16.8. The van der Waals surface area contributed by atoms with Gasteiger partial charge in [0.2, 0.25) is 5.79 Å². The van der Waals surface area contributed by atoms with Gasteiger partial charge < -0.3 is 28.4 Å². The molecular weight excluding hydrogens is 362 g/mol. The van der Waals surface area contributed by atoms with Crippen LogP contribution in [-0.2, 0) is 42.8 Å². The summed E-state index contributed by atoms with van der Waals surface area (Å²) < 4.78 is 33.2. The van der Waals surface area contributed by atoms with Crippen LogP contribution in [0.25, 0.3) is 0 Å². The number of rotatable bonds is 6. The maximum absolute atomic E-state index is 11.7. The third-order valence-corrected chi connectivity index (χ3v) is 4.12. The smallest absolute Gasteiger partial charge is 0.303 e. The van der Waals surface area contributed by atoms with Crippen LogP contribution in [0.4, 0.5) is 0 Å². The molecule has 2 fully saturated rings. The Morgan fingerprint density at radius 3 is 2.22 bits per heavy atom. The molecular formula is C17H23NO9. The van der Waals surface area contributed by atoms with E-state index in [-0.39, 0.29) is 19.4 Å². The molecule has 0 aliphatic carbocycles.